The van der Waals surface area contributed by atoms with Gasteiger partial charge in [0.15, 0.2) is 16.7 Å². The number of aliphatic imine (C=N–C) groups is 1. The van der Waals surface area contributed by atoms with E-state index < -0.39 is 18.0 Å². The van der Waals surface area contributed by atoms with Crippen molar-refractivity contribution in [3.8, 4) is 11.5 Å². The Morgan fingerprint density at radius 2 is 1.91 bits per heavy atom. The van der Waals surface area contributed by atoms with E-state index in [9.17, 15) is 14.4 Å². The predicted molar refractivity (Wildman–Crippen MR) is 132 cm³/mol. The molecule has 2 aromatic rings. The summed E-state index contributed by atoms with van der Waals surface area (Å²) in [6.07, 6.45) is 0.329. The second-order valence-electron chi connectivity index (χ2n) is 7.95. The van der Waals surface area contributed by atoms with Crippen molar-refractivity contribution in [2.75, 3.05) is 12.4 Å². The second-order valence-corrected chi connectivity index (χ2v) is 9.01. The van der Waals surface area contributed by atoms with Crippen LogP contribution < -0.4 is 9.47 Å². The minimum Gasteiger partial charge on any atom is -0.490 e. The zero-order chi connectivity index (χ0) is 24.9. The van der Waals surface area contributed by atoms with Crippen LogP contribution in [-0.4, -0.2) is 40.3 Å². The van der Waals surface area contributed by atoms with Gasteiger partial charge in [-0.3, -0.25) is 14.5 Å². The van der Waals surface area contributed by atoms with Gasteiger partial charge >= 0.3 is 11.9 Å². The first kappa shape index (κ1) is 24.5. The van der Waals surface area contributed by atoms with Gasteiger partial charge in [0.2, 0.25) is 5.91 Å². The fourth-order valence-electron chi connectivity index (χ4n) is 3.98. The van der Waals surface area contributed by atoms with Crippen molar-refractivity contribution < 1.29 is 28.6 Å². The van der Waals surface area contributed by atoms with Crippen LogP contribution in [0.5, 0.6) is 11.5 Å². The molecule has 1 saturated heterocycles. The van der Waals surface area contributed by atoms with Crippen molar-refractivity contribution in [2.24, 2.45) is 4.99 Å². The van der Waals surface area contributed by atoms with E-state index >= 15 is 0 Å². The highest BCUT2D eigenvalue weighted by Gasteiger charge is 2.42. The minimum atomic E-state index is -0.753. The molecule has 9 heteroatoms. The van der Waals surface area contributed by atoms with Crippen LogP contribution in [0.2, 0.25) is 0 Å². The van der Waals surface area contributed by atoms with E-state index in [4.69, 9.17) is 14.2 Å². The molecule has 2 aliphatic rings. The van der Waals surface area contributed by atoms with Gasteiger partial charge in [-0.25, -0.2) is 9.79 Å². The second kappa shape index (κ2) is 10.8. The van der Waals surface area contributed by atoms with Crippen LogP contribution >= 0.6 is 11.8 Å². The Labute approximate surface area is 207 Å². The molecule has 0 saturated carbocycles. The quantitative estimate of drug-likeness (QED) is 0.416. The zero-order valence-corrected chi connectivity index (χ0v) is 20.6. The highest BCUT2D eigenvalue weighted by molar-refractivity contribution is 8.14. The van der Waals surface area contributed by atoms with Crippen molar-refractivity contribution in [1.29, 1.82) is 0 Å². The van der Waals surface area contributed by atoms with Crippen LogP contribution in [0.4, 0.5) is 0 Å². The van der Waals surface area contributed by atoms with E-state index in [-0.39, 0.29) is 23.8 Å². The van der Waals surface area contributed by atoms with Gasteiger partial charge in [0, 0.05) is 19.1 Å². The van der Waals surface area contributed by atoms with E-state index in [0.29, 0.717) is 41.0 Å². The van der Waals surface area contributed by atoms with Crippen LogP contribution in [-0.2, 0) is 25.7 Å². The van der Waals surface area contributed by atoms with Gasteiger partial charge in [0.05, 0.1) is 23.9 Å². The predicted octanol–water partition coefficient (Wildman–Crippen LogP) is 4.40. The van der Waals surface area contributed by atoms with Gasteiger partial charge in [0.25, 0.3) is 0 Å². The summed E-state index contributed by atoms with van der Waals surface area (Å²) in [5, 5.41) is 0.547. The third-order valence-corrected chi connectivity index (χ3v) is 6.43. The molecule has 0 N–H and O–H groups in total. The van der Waals surface area contributed by atoms with Crippen molar-refractivity contribution in [3.05, 3.63) is 70.9 Å². The third-order valence-electron chi connectivity index (χ3n) is 5.48. The van der Waals surface area contributed by atoms with E-state index in [2.05, 4.69) is 4.99 Å². The lowest BCUT2D eigenvalue weighted by Crippen LogP contribution is -2.45. The molecule has 2 aromatic carbocycles. The molecule has 0 radical (unpaired) electrons. The monoisotopic (exact) mass is 494 g/mol. The summed E-state index contributed by atoms with van der Waals surface area (Å²) in [5.74, 6) is 0.0729. The normalized spacial score (nSPS) is 17.5. The lowest BCUT2D eigenvalue weighted by atomic mass is 9.93. The molecule has 35 heavy (non-hydrogen) atoms. The maximum absolute atomic E-state index is 13.4. The topological polar surface area (TPSA) is 94.5 Å². The van der Waals surface area contributed by atoms with E-state index in [1.165, 1.54) is 18.7 Å². The highest BCUT2D eigenvalue weighted by atomic mass is 32.2. The van der Waals surface area contributed by atoms with E-state index in [1.807, 2.05) is 37.3 Å². The first-order valence-electron chi connectivity index (χ1n) is 11.3. The lowest BCUT2D eigenvalue weighted by Gasteiger charge is -2.39. The molecule has 2 heterocycles. The first-order valence-corrected chi connectivity index (χ1v) is 12.3. The maximum atomic E-state index is 13.4. The molecule has 0 spiro atoms. The summed E-state index contributed by atoms with van der Waals surface area (Å²) < 4.78 is 16.6. The number of ether oxygens (including phenoxy) is 3. The molecular weight excluding hydrogens is 468 g/mol. The van der Waals surface area contributed by atoms with Crippen LogP contribution in [0.1, 0.15) is 44.4 Å². The molecule has 0 aromatic heterocycles. The van der Waals surface area contributed by atoms with Crippen LogP contribution in [0.3, 0.4) is 0 Å². The molecule has 4 rings (SSSR count). The number of allylic oxidation sites excluding steroid dienone is 1. The van der Waals surface area contributed by atoms with Crippen molar-refractivity contribution in [2.45, 2.75) is 39.8 Å². The summed E-state index contributed by atoms with van der Waals surface area (Å²) >= 11 is 1.47. The number of thioether (sulfide) groups is 1. The standard InChI is InChI=1S/C26H26N2O6S/c1-4-32-21-14-19(10-11-20(21)34-17(3)29)24-23(25(31)33-15-18-8-6-5-7-9-18)16(2)27-26-28(24)22(30)12-13-35-26/h5-11,14,24H,4,12-13,15H2,1-3H3. The fraction of sp³-hybridized carbons (Fsp3) is 0.308. The molecule has 1 amide bonds. The maximum Gasteiger partial charge on any atom is 0.338 e. The average molecular weight is 495 g/mol. The Morgan fingerprint density at radius 1 is 1.14 bits per heavy atom. The van der Waals surface area contributed by atoms with E-state index in [1.54, 1.807) is 30.0 Å². The number of hydrogen-bond acceptors (Lipinski definition) is 8. The molecule has 1 unspecified atom stereocenters. The number of fused-ring (bicyclic) bond motifs is 1. The summed E-state index contributed by atoms with van der Waals surface area (Å²) in [4.78, 5) is 44.1. The number of nitrogens with zero attached hydrogens (tertiary/aromatic N) is 2. The lowest BCUT2D eigenvalue weighted by molar-refractivity contribution is -0.141. The molecule has 182 valence electrons. The Morgan fingerprint density at radius 3 is 2.63 bits per heavy atom. The van der Waals surface area contributed by atoms with Gasteiger partial charge in [-0.05, 0) is 37.1 Å². The van der Waals surface area contributed by atoms with Gasteiger partial charge in [-0.2, -0.15) is 0 Å². The number of benzene rings is 2. The summed E-state index contributed by atoms with van der Waals surface area (Å²) in [6, 6.07) is 13.6. The molecule has 0 bridgehead atoms. The van der Waals surface area contributed by atoms with Crippen molar-refractivity contribution in [1.82, 2.24) is 4.90 Å². The van der Waals surface area contributed by atoms with Gasteiger partial charge in [0.1, 0.15) is 6.61 Å². The molecule has 1 atom stereocenters. The highest BCUT2D eigenvalue weighted by Crippen LogP contribution is 2.42. The number of amides is 1. The molecule has 2 aliphatic heterocycles. The van der Waals surface area contributed by atoms with E-state index in [0.717, 1.165) is 5.56 Å². The number of carbonyl (C=O) groups excluding carboxylic acids is 3. The van der Waals surface area contributed by atoms with Crippen LogP contribution in [0.15, 0.2) is 64.8 Å². The van der Waals surface area contributed by atoms with Gasteiger partial charge < -0.3 is 14.2 Å². The van der Waals surface area contributed by atoms with Crippen molar-refractivity contribution >= 4 is 34.8 Å². The number of rotatable bonds is 7. The number of amidine groups is 1. The first-order chi connectivity index (χ1) is 16.9. The Hall–Kier alpha value is -3.59. The Kier molecular flexibility index (Phi) is 7.55. The smallest absolute Gasteiger partial charge is 0.338 e. The van der Waals surface area contributed by atoms with Gasteiger partial charge in [-0.15, -0.1) is 0 Å². The third kappa shape index (κ3) is 5.40. The Bertz CT molecular complexity index is 1210. The largest absolute Gasteiger partial charge is 0.490 e. The number of hydrogen-bond donors (Lipinski definition) is 0. The number of carbonyl (C=O) groups is 3. The Balaban J connectivity index is 1.75. The minimum absolute atomic E-state index is 0.0953. The average Bonchev–Trinajstić information content (AvgIpc) is 2.83. The van der Waals surface area contributed by atoms with Crippen LogP contribution in [0, 0.1) is 0 Å². The molecule has 0 aliphatic carbocycles. The van der Waals surface area contributed by atoms with Gasteiger partial charge in [-0.1, -0.05) is 48.2 Å². The summed E-state index contributed by atoms with van der Waals surface area (Å²) in [5.41, 5.74) is 2.25. The fourth-order valence-corrected chi connectivity index (χ4v) is 4.98. The molecular formula is C26H26N2O6S. The summed E-state index contributed by atoms with van der Waals surface area (Å²) in [7, 11) is 0. The van der Waals surface area contributed by atoms with Crippen LogP contribution in [0.25, 0.3) is 0 Å². The molecule has 8 nitrogen and oxygen atoms in total. The SMILES string of the molecule is CCOc1cc(C2C(C(=O)OCc3ccccc3)=C(C)N=C3SCCC(=O)N32)ccc1OC(C)=O. The van der Waals surface area contributed by atoms with Crippen molar-refractivity contribution in [3.63, 3.8) is 0 Å². The molecule has 1 fully saturated rings. The number of esters is 2. The summed E-state index contributed by atoms with van der Waals surface area (Å²) in [6.45, 7) is 5.31. The zero-order valence-electron chi connectivity index (χ0n) is 19.8.